The molecule has 6 rings (SSSR count). The van der Waals surface area contributed by atoms with E-state index in [-0.39, 0.29) is 10.6 Å². The van der Waals surface area contributed by atoms with E-state index in [9.17, 15) is 9.65 Å². The van der Waals surface area contributed by atoms with E-state index in [1.165, 1.54) is 6.20 Å². The maximum atomic E-state index is 14.6. The van der Waals surface area contributed by atoms with Crippen LogP contribution in [-0.2, 0) is 18.0 Å². The van der Waals surface area contributed by atoms with Gasteiger partial charge in [-0.05, 0) is 23.5 Å². The molecule has 1 fully saturated rings. The van der Waals surface area contributed by atoms with Gasteiger partial charge in [-0.25, -0.2) is 14.4 Å². The van der Waals surface area contributed by atoms with Crippen molar-refractivity contribution in [2.45, 2.75) is 26.6 Å². The van der Waals surface area contributed by atoms with Gasteiger partial charge in [0, 0.05) is 40.9 Å². The highest BCUT2D eigenvalue weighted by Crippen LogP contribution is 2.43. The number of halogens is 1. The Morgan fingerprint density at radius 2 is 2.12 bits per heavy atom. The molecule has 5 heterocycles. The highest BCUT2D eigenvalue weighted by atomic mass is 32.1. The molecule has 2 aliphatic rings. The van der Waals surface area contributed by atoms with Crippen molar-refractivity contribution in [3.63, 3.8) is 0 Å². The maximum absolute atomic E-state index is 14.6. The topological polar surface area (TPSA) is 101 Å². The van der Waals surface area contributed by atoms with Crippen LogP contribution in [0.1, 0.15) is 30.0 Å². The zero-order chi connectivity index (χ0) is 22.9. The summed E-state index contributed by atoms with van der Waals surface area (Å²) >= 11 is 1.07. The molecule has 2 aliphatic heterocycles. The first-order valence-electron chi connectivity index (χ1n) is 10.7. The van der Waals surface area contributed by atoms with Gasteiger partial charge in [-0.2, -0.15) is 5.26 Å². The van der Waals surface area contributed by atoms with Gasteiger partial charge in [0.15, 0.2) is 5.82 Å². The van der Waals surface area contributed by atoms with Crippen molar-refractivity contribution in [1.29, 1.82) is 5.26 Å². The Bertz CT molecular complexity index is 1510. The second kappa shape index (κ2) is 7.56. The first kappa shape index (κ1) is 20.7. The lowest BCUT2D eigenvalue weighted by Crippen LogP contribution is -2.22. The van der Waals surface area contributed by atoms with Gasteiger partial charge >= 0.3 is 0 Å². The fourth-order valence-electron chi connectivity index (χ4n) is 4.90. The number of aromatic nitrogens is 3. The second-order valence-corrected chi connectivity index (χ2v) is 10.3. The van der Waals surface area contributed by atoms with Crippen LogP contribution < -0.4 is 15.9 Å². The molecule has 166 valence electrons. The van der Waals surface area contributed by atoms with Gasteiger partial charge < -0.3 is 15.4 Å². The standard InChI is InChI=1S/C23H20FN6OPS/c1-10-2-3-30(7-10)23-28-5-12-13-8-31-9-14(13)16(20(32)18(12)29-23)19-17-11(4-25)22(26)33-21(17)15(24)6-27-19/h5-6,10H,2-3,7-9,26,32H2,1H3/t10-/m0/s1. The van der Waals surface area contributed by atoms with E-state index < -0.39 is 5.82 Å². The third-order valence-corrected chi connectivity index (χ3v) is 8.13. The molecule has 1 saturated heterocycles. The molecule has 33 heavy (non-hydrogen) atoms. The normalized spacial score (nSPS) is 17.8. The molecule has 0 aliphatic carbocycles. The van der Waals surface area contributed by atoms with Gasteiger partial charge in [-0.1, -0.05) is 6.92 Å². The van der Waals surface area contributed by atoms with E-state index in [2.05, 4.69) is 37.1 Å². The smallest absolute Gasteiger partial charge is 0.225 e. The van der Waals surface area contributed by atoms with Crippen LogP contribution in [-0.4, -0.2) is 28.0 Å². The van der Waals surface area contributed by atoms with E-state index in [1.54, 1.807) is 0 Å². The van der Waals surface area contributed by atoms with Crippen molar-refractivity contribution in [1.82, 2.24) is 15.0 Å². The number of ether oxygens (including phenoxy) is 1. The third kappa shape index (κ3) is 3.02. The van der Waals surface area contributed by atoms with Gasteiger partial charge in [-0.3, -0.25) is 4.98 Å². The Morgan fingerprint density at radius 1 is 1.30 bits per heavy atom. The van der Waals surface area contributed by atoms with Gasteiger partial charge in [-0.15, -0.1) is 20.6 Å². The lowest BCUT2D eigenvalue weighted by molar-refractivity contribution is 0.135. The van der Waals surface area contributed by atoms with Gasteiger partial charge in [0.2, 0.25) is 5.95 Å². The number of thiophene rings is 1. The van der Waals surface area contributed by atoms with E-state index in [0.29, 0.717) is 40.9 Å². The zero-order valence-electron chi connectivity index (χ0n) is 17.9. The highest BCUT2D eigenvalue weighted by molar-refractivity contribution is 7.29. The van der Waals surface area contributed by atoms with Crippen molar-refractivity contribution in [2.24, 2.45) is 5.92 Å². The van der Waals surface area contributed by atoms with Crippen LogP contribution in [0.2, 0.25) is 0 Å². The molecular weight excluding hydrogens is 458 g/mol. The van der Waals surface area contributed by atoms with E-state index in [0.717, 1.165) is 63.7 Å². The van der Waals surface area contributed by atoms with E-state index in [4.69, 9.17) is 15.5 Å². The number of pyridine rings is 1. The van der Waals surface area contributed by atoms with Crippen molar-refractivity contribution in [3.8, 4) is 17.3 Å². The predicted octanol–water partition coefficient (Wildman–Crippen LogP) is 3.88. The van der Waals surface area contributed by atoms with Crippen molar-refractivity contribution in [3.05, 3.63) is 34.9 Å². The number of hydrogen-bond acceptors (Lipinski definition) is 8. The molecule has 0 spiro atoms. The molecule has 1 unspecified atom stereocenters. The maximum Gasteiger partial charge on any atom is 0.225 e. The van der Waals surface area contributed by atoms with Crippen LogP contribution in [0.3, 0.4) is 0 Å². The Balaban J connectivity index is 1.67. The van der Waals surface area contributed by atoms with Crippen LogP contribution >= 0.6 is 20.6 Å². The van der Waals surface area contributed by atoms with E-state index >= 15 is 0 Å². The van der Waals surface area contributed by atoms with Crippen LogP contribution in [0, 0.1) is 23.1 Å². The van der Waals surface area contributed by atoms with Crippen LogP contribution in [0.5, 0.6) is 0 Å². The molecule has 1 aromatic carbocycles. The summed E-state index contributed by atoms with van der Waals surface area (Å²) in [6.45, 7) is 4.93. The molecule has 2 N–H and O–H groups in total. The van der Waals surface area contributed by atoms with Gasteiger partial charge in [0.1, 0.15) is 11.1 Å². The predicted molar refractivity (Wildman–Crippen MR) is 131 cm³/mol. The summed E-state index contributed by atoms with van der Waals surface area (Å²) < 4.78 is 20.8. The number of hydrogen-bond donors (Lipinski definition) is 1. The molecule has 3 aromatic heterocycles. The summed E-state index contributed by atoms with van der Waals surface area (Å²) in [7, 11) is 2.79. The lowest BCUT2D eigenvalue weighted by Gasteiger charge is -2.19. The summed E-state index contributed by atoms with van der Waals surface area (Å²) in [5.41, 5.74) is 10.4. The molecule has 0 bridgehead atoms. The summed E-state index contributed by atoms with van der Waals surface area (Å²) in [5, 5.41) is 12.3. The zero-order valence-corrected chi connectivity index (χ0v) is 19.8. The number of rotatable bonds is 2. The molecule has 2 atom stereocenters. The highest BCUT2D eigenvalue weighted by Gasteiger charge is 2.29. The Morgan fingerprint density at radius 3 is 2.88 bits per heavy atom. The number of benzene rings is 1. The van der Waals surface area contributed by atoms with Crippen molar-refractivity contribution >= 4 is 57.8 Å². The molecule has 0 amide bonds. The average Bonchev–Trinajstić information content (AvgIpc) is 3.53. The Labute approximate surface area is 195 Å². The number of anilines is 2. The number of fused-ring (bicyclic) bond motifs is 4. The molecule has 10 heteroatoms. The SMILES string of the molecule is C[C@H]1CCN(c2ncc3c4c(c(-c5ncc(F)c6sc(N)c(C#N)c56)c(P)c3n2)COC4)C1. The number of nitriles is 1. The second-order valence-electron chi connectivity index (χ2n) is 8.62. The summed E-state index contributed by atoms with van der Waals surface area (Å²) in [5.74, 6) is 0.822. The van der Waals surface area contributed by atoms with Gasteiger partial charge in [0.05, 0.1) is 40.9 Å². The average molecular weight is 478 g/mol. The van der Waals surface area contributed by atoms with Crippen LogP contribution in [0.4, 0.5) is 15.3 Å². The monoisotopic (exact) mass is 478 g/mol. The summed E-state index contributed by atoms with van der Waals surface area (Å²) in [6.07, 6.45) is 4.19. The minimum absolute atomic E-state index is 0.253. The summed E-state index contributed by atoms with van der Waals surface area (Å²) in [4.78, 5) is 16.3. The quantitative estimate of drug-likeness (QED) is 0.437. The molecule has 0 radical (unpaired) electrons. The van der Waals surface area contributed by atoms with Gasteiger partial charge in [0.25, 0.3) is 0 Å². The Hall–Kier alpha value is -2.92. The molecule has 7 nitrogen and oxygen atoms in total. The van der Waals surface area contributed by atoms with Crippen LogP contribution in [0.15, 0.2) is 12.4 Å². The molecular formula is C23H20FN6OPS. The minimum Gasteiger partial charge on any atom is -0.389 e. The first-order chi connectivity index (χ1) is 16.0. The fraction of sp³-hybridized carbons (Fsp3) is 0.304. The van der Waals surface area contributed by atoms with Crippen molar-refractivity contribution in [2.75, 3.05) is 23.7 Å². The number of nitrogen functional groups attached to an aromatic ring is 1. The number of nitrogens with two attached hydrogens (primary N) is 1. The van der Waals surface area contributed by atoms with Crippen LogP contribution in [0.25, 0.3) is 32.2 Å². The van der Waals surface area contributed by atoms with Crippen molar-refractivity contribution < 1.29 is 9.13 Å². The van der Waals surface area contributed by atoms with E-state index in [1.807, 2.05) is 6.20 Å². The lowest BCUT2D eigenvalue weighted by atomic mass is 9.94. The first-order valence-corrected chi connectivity index (χ1v) is 12.1. The minimum atomic E-state index is -0.487. The summed E-state index contributed by atoms with van der Waals surface area (Å²) in [6, 6.07) is 2.14. The third-order valence-electron chi connectivity index (χ3n) is 6.54. The Kier molecular flexibility index (Phi) is 4.73. The molecule has 4 aromatic rings. The number of nitrogens with zero attached hydrogens (tertiary/aromatic N) is 5. The largest absolute Gasteiger partial charge is 0.389 e. The molecule has 0 saturated carbocycles. The fourth-order valence-corrected chi connectivity index (χ4v) is 6.35.